The average Bonchev–Trinajstić information content (AvgIpc) is 3.12. The van der Waals surface area contributed by atoms with Crippen LogP contribution in [0.1, 0.15) is 36.8 Å². The molecule has 2 aliphatic rings. The van der Waals surface area contributed by atoms with E-state index < -0.39 is 5.97 Å². The monoisotopic (exact) mass is 531 g/mol. The van der Waals surface area contributed by atoms with Gasteiger partial charge in [-0.1, -0.05) is 36.5 Å². The van der Waals surface area contributed by atoms with Crippen molar-refractivity contribution in [2.45, 2.75) is 32.6 Å². The number of nitrogens with one attached hydrogen (secondary N) is 1. The second-order valence-corrected chi connectivity index (χ2v) is 10.3. The quantitative estimate of drug-likeness (QED) is 0.269. The summed E-state index contributed by atoms with van der Waals surface area (Å²) in [5, 5.41) is 12.1. The van der Waals surface area contributed by atoms with Gasteiger partial charge in [0.1, 0.15) is 15.8 Å². The number of carboxylic acid groups (broad SMARTS) is 1. The van der Waals surface area contributed by atoms with Crippen molar-refractivity contribution in [3.63, 3.8) is 0 Å². The number of thiocarbonyl (C=S) groups is 1. The molecule has 2 N–H and O–H groups in total. The van der Waals surface area contributed by atoms with E-state index in [1.807, 2.05) is 13.0 Å². The van der Waals surface area contributed by atoms with Crippen LogP contribution in [0.15, 0.2) is 28.0 Å². The second-order valence-electron chi connectivity index (χ2n) is 8.67. The number of rotatable bonds is 10. The van der Waals surface area contributed by atoms with E-state index in [9.17, 15) is 14.4 Å². The molecule has 2 saturated heterocycles. The molecule has 4 heterocycles. The Labute approximate surface area is 218 Å². The van der Waals surface area contributed by atoms with Crippen LogP contribution in [0.4, 0.5) is 5.82 Å². The Kier molecular flexibility index (Phi) is 8.72. The van der Waals surface area contributed by atoms with Crippen molar-refractivity contribution in [1.82, 2.24) is 19.2 Å². The number of ether oxygens (including phenoxy) is 1. The molecule has 1 amide bonds. The first-order valence-corrected chi connectivity index (χ1v) is 13.1. The van der Waals surface area contributed by atoms with Crippen LogP contribution in [-0.2, 0) is 14.3 Å². The Morgan fingerprint density at radius 1 is 1.28 bits per heavy atom. The van der Waals surface area contributed by atoms with Gasteiger partial charge in [0, 0.05) is 32.3 Å². The van der Waals surface area contributed by atoms with Gasteiger partial charge in [0.05, 0.1) is 30.4 Å². The van der Waals surface area contributed by atoms with E-state index in [0.717, 1.165) is 30.4 Å². The zero-order chi connectivity index (χ0) is 25.7. The Balaban J connectivity index is 1.59. The molecule has 2 fully saturated rings. The maximum atomic E-state index is 13.5. The molecule has 0 aliphatic carbocycles. The third kappa shape index (κ3) is 6.12. The van der Waals surface area contributed by atoms with Gasteiger partial charge < -0.3 is 15.2 Å². The van der Waals surface area contributed by atoms with Crippen molar-refractivity contribution < 1.29 is 19.4 Å². The van der Waals surface area contributed by atoms with Gasteiger partial charge in [0.25, 0.3) is 11.5 Å². The summed E-state index contributed by atoms with van der Waals surface area (Å²) >= 11 is 6.59. The van der Waals surface area contributed by atoms with Crippen LogP contribution in [0.3, 0.4) is 0 Å². The zero-order valence-electron chi connectivity index (χ0n) is 20.1. The molecule has 10 nitrogen and oxygen atoms in total. The molecule has 2 aromatic heterocycles. The molecule has 0 unspecified atom stereocenters. The summed E-state index contributed by atoms with van der Waals surface area (Å²) in [5.74, 6) is -0.664. The highest BCUT2D eigenvalue weighted by molar-refractivity contribution is 8.26. The lowest BCUT2D eigenvalue weighted by Crippen LogP contribution is -2.39. The molecule has 0 saturated carbocycles. The number of aliphatic carboxylic acids is 1. The molecule has 0 radical (unpaired) electrons. The average molecular weight is 532 g/mol. The summed E-state index contributed by atoms with van der Waals surface area (Å²) < 4.78 is 7.33. The number of carboxylic acids is 1. The van der Waals surface area contributed by atoms with E-state index in [1.165, 1.54) is 9.30 Å². The first-order valence-electron chi connectivity index (χ1n) is 11.9. The van der Waals surface area contributed by atoms with Gasteiger partial charge in [-0.15, -0.1) is 0 Å². The number of morpholine rings is 1. The van der Waals surface area contributed by atoms with Gasteiger partial charge in [-0.3, -0.25) is 28.6 Å². The highest BCUT2D eigenvalue weighted by atomic mass is 32.2. The summed E-state index contributed by atoms with van der Waals surface area (Å²) in [7, 11) is 0. The van der Waals surface area contributed by atoms with Gasteiger partial charge >= 0.3 is 5.97 Å². The van der Waals surface area contributed by atoms with E-state index in [2.05, 4.69) is 10.2 Å². The van der Waals surface area contributed by atoms with Gasteiger partial charge in [-0.05, 0) is 37.5 Å². The molecule has 36 heavy (non-hydrogen) atoms. The molecule has 0 aromatic carbocycles. The van der Waals surface area contributed by atoms with Crippen LogP contribution in [0, 0.1) is 6.92 Å². The van der Waals surface area contributed by atoms with E-state index in [4.69, 9.17) is 27.0 Å². The third-order valence-electron chi connectivity index (χ3n) is 6.08. The van der Waals surface area contributed by atoms with Crippen LogP contribution < -0.4 is 10.9 Å². The van der Waals surface area contributed by atoms with Crippen molar-refractivity contribution in [2.75, 3.05) is 44.8 Å². The third-order valence-corrected chi connectivity index (χ3v) is 7.46. The second kappa shape index (κ2) is 12.0. The number of anilines is 1. The molecule has 2 aromatic rings. The van der Waals surface area contributed by atoms with Crippen molar-refractivity contribution in [2.24, 2.45) is 0 Å². The highest BCUT2D eigenvalue weighted by Crippen LogP contribution is 2.33. The maximum absolute atomic E-state index is 13.5. The Morgan fingerprint density at radius 2 is 2.06 bits per heavy atom. The minimum atomic E-state index is -0.827. The molecule has 4 rings (SSSR count). The fourth-order valence-electron chi connectivity index (χ4n) is 4.07. The smallest absolute Gasteiger partial charge is 0.303 e. The van der Waals surface area contributed by atoms with E-state index in [-0.39, 0.29) is 17.9 Å². The van der Waals surface area contributed by atoms with Crippen LogP contribution in [0.25, 0.3) is 11.7 Å². The van der Waals surface area contributed by atoms with Gasteiger partial charge in [0.2, 0.25) is 0 Å². The number of hydrogen-bond donors (Lipinski definition) is 2. The number of aryl methyl sites for hydroxylation is 1. The largest absolute Gasteiger partial charge is 0.481 e. The van der Waals surface area contributed by atoms with E-state index in [1.54, 1.807) is 18.3 Å². The Morgan fingerprint density at radius 3 is 2.81 bits per heavy atom. The van der Waals surface area contributed by atoms with Crippen molar-refractivity contribution in [3.05, 3.63) is 44.7 Å². The predicted octanol–water partition coefficient (Wildman–Crippen LogP) is 2.55. The normalized spacial score (nSPS) is 17.9. The molecule has 192 valence electrons. The summed E-state index contributed by atoms with van der Waals surface area (Å²) in [6, 6.07) is 3.69. The first kappa shape index (κ1) is 26.3. The summed E-state index contributed by atoms with van der Waals surface area (Å²) in [5.41, 5.74) is 1.45. The van der Waals surface area contributed by atoms with E-state index in [0.29, 0.717) is 71.9 Å². The number of carbonyl (C=O) groups excluding carboxylic acids is 1. The summed E-state index contributed by atoms with van der Waals surface area (Å²) in [4.78, 5) is 46.1. The van der Waals surface area contributed by atoms with Crippen LogP contribution in [-0.4, -0.2) is 80.0 Å². The SMILES string of the molecule is Cc1cccn2c(=O)c(/C=C3\SC(=S)N(CCCCCC(=O)O)C3=O)c(NCN3CCOCC3)nc12. The first-order chi connectivity index (χ1) is 17.3. The zero-order valence-corrected chi connectivity index (χ0v) is 21.7. The predicted molar refractivity (Wildman–Crippen MR) is 143 cm³/mol. The lowest BCUT2D eigenvalue weighted by molar-refractivity contribution is -0.137. The van der Waals surface area contributed by atoms with Crippen LogP contribution in [0.2, 0.25) is 0 Å². The Bertz CT molecular complexity index is 1260. The number of fused-ring (bicyclic) bond motifs is 1. The lowest BCUT2D eigenvalue weighted by Gasteiger charge is -2.27. The highest BCUT2D eigenvalue weighted by Gasteiger charge is 2.32. The Hall–Kier alpha value is -2.80. The standard InChI is InChI=1S/C24H29N5O5S2/c1-16-6-5-9-28-21(16)26-20(25-15-27-10-12-34-13-11-27)17(22(28)32)14-18-23(33)29(24(35)36-18)8-4-2-3-7-19(30)31/h5-6,9,14,25H,2-4,7-8,10-13,15H2,1H3,(H,30,31)/b18-14-. The van der Waals surface area contributed by atoms with Crippen molar-refractivity contribution >= 4 is 57.7 Å². The fraction of sp³-hybridized carbons (Fsp3) is 0.458. The molecule has 0 bridgehead atoms. The van der Waals surface area contributed by atoms with Gasteiger partial charge in [-0.2, -0.15) is 0 Å². The number of aromatic nitrogens is 2. The number of amides is 1. The van der Waals surface area contributed by atoms with E-state index >= 15 is 0 Å². The minimum Gasteiger partial charge on any atom is -0.481 e. The van der Waals surface area contributed by atoms with Crippen molar-refractivity contribution in [1.29, 1.82) is 0 Å². The number of hydrogen-bond acceptors (Lipinski definition) is 9. The molecule has 0 atom stereocenters. The van der Waals surface area contributed by atoms with Gasteiger partial charge in [-0.25, -0.2) is 4.98 Å². The van der Waals surface area contributed by atoms with Crippen LogP contribution in [0.5, 0.6) is 0 Å². The number of thioether (sulfide) groups is 1. The number of pyridine rings is 1. The fourth-order valence-corrected chi connectivity index (χ4v) is 5.36. The van der Waals surface area contributed by atoms with Crippen molar-refractivity contribution in [3.8, 4) is 0 Å². The maximum Gasteiger partial charge on any atom is 0.303 e. The topological polar surface area (TPSA) is 116 Å². The number of carbonyl (C=O) groups is 2. The number of nitrogens with zero attached hydrogens (tertiary/aromatic N) is 4. The summed E-state index contributed by atoms with van der Waals surface area (Å²) in [6.45, 7) is 5.67. The van der Waals surface area contributed by atoms with Gasteiger partial charge in [0.15, 0.2) is 0 Å². The minimum absolute atomic E-state index is 0.108. The summed E-state index contributed by atoms with van der Waals surface area (Å²) in [6.07, 6.45) is 5.25. The lowest BCUT2D eigenvalue weighted by atomic mass is 10.2. The molecule has 2 aliphatic heterocycles. The molecule has 0 spiro atoms. The number of unbranched alkanes of at least 4 members (excludes halogenated alkanes) is 2. The van der Waals surface area contributed by atoms with Crippen LogP contribution >= 0.6 is 24.0 Å². The molecule has 12 heteroatoms. The molecular formula is C24H29N5O5S2. The molecular weight excluding hydrogens is 502 g/mol.